The Hall–Kier alpha value is -5.48. The number of hydrogen-bond donors (Lipinski definition) is 0. The van der Waals surface area contributed by atoms with Crippen LogP contribution in [0.1, 0.15) is 126 Å². The molecule has 0 bridgehead atoms. The van der Waals surface area contributed by atoms with Gasteiger partial charge in [0, 0.05) is 43.1 Å². The molecule has 0 atom stereocenters. The Morgan fingerprint density at radius 2 is 0.525 bits per heavy atom. The first-order chi connectivity index (χ1) is 29.0. The van der Waals surface area contributed by atoms with E-state index in [1.165, 1.54) is 33.0 Å². The van der Waals surface area contributed by atoms with Crippen LogP contribution in [0.5, 0.6) is 0 Å². The molecule has 0 N–H and O–H groups in total. The van der Waals surface area contributed by atoms with Crippen molar-refractivity contribution in [2.24, 2.45) is 0 Å². The van der Waals surface area contributed by atoms with E-state index in [9.17, 15) is 0 Å². The van der Waals surface area contributed by atoms with Crippen LogP contribution in [0.2, 0.25) is 0 Å². The molecule has 0 aliphatic carbocycles. The van der Waals surface area contributed by atoms with Crippen LogP contribution in [0.25, 0.3) is 87.8 Å². The zero-order valence-corrected chi connectivity index (χ0v) is 39.0. The van der Waals surface area contributed by atoms with Crippen molar-refractivity contribution in [3.63, 3.8) is 0 Å². The van der Waals surface area contributed by atoms with E-state index < -0.39 is 0 Å². The Kier molecular flexibility index (Phi) is 18.8. The van der Waals surface area contributed by atoms with Crippen molar-refractivity contribution in [3.05, 3.63) is 119 Å². The van der Waals surface area contributed by atoms with E-state index >= 15 is 0 Å². The highest BCUT2D eigenvalue weighted by molar-refractivity contribution is 6.20. The fraction of sp³-hybridized carbons (Fsp3) is 0.345. The molecule has 0 saturated heterocycles. The van der Waals surface area contributed by atoms with Crippen molar-refractivity contribution in [2.45, 2.75) is 130 Å². The van der Waals surface area contributed by atoms with Gasteiger partial charge in [-0.1, -0.05) is 134 Å². The molecule has 4 nitrogen and oxygen atoms in total. The summed E-state index contributed by atoms with van der Waals surface area (Å²) in [7, 11) is 0. The number of fused-ring (bicyclic) bond motifs is 14. The van der Waals surface area contributed by atoms with E-state index in [0.29, 0.717) is 0 Å². The lowest BCUT2D eigenvalue weighted by atomic mass is 10.0. The number of benzene rings is 6. The van der Waals surface area contributed by atoms with Gasteiger partial charge in [-0.2, -0.15) is 0 Å². The van der Waals surface area contributed by atoms with Gasteiger partial charge in [-0.3, -0.25) is 0 Å². The maximum Gasteiger partial charge on any atom is 0.178 e. The summed E-state index contributed by atoms with van der Waals surface area (Å²) in [6.45, 7) is 32.6. The summed E-state index contributed by atoms with van der Waals surface area (Å²) < 4.78 is 24.6. The minimum Gasteiger partial charge on any atom is -0.452 e. The van der Waals surface area contributed by atoms with E-state index in [0.717, 1.165) is 96.2 Å². The molecule has 0 spiro atoms. The lowest BCUT2D eigenvalue weighted by Gasteiger charge is -1.96. The van der Waals surface area contributed by atoms with Gasteiger partial charge in [0.05, 0.1) is 0 Å². The molecule has 59 heavy (non-hydrogen) atoms. The Balaban J connectivity index is 0.000000252. The van der Waals surface area contributed by atoms with Gasteiger partial charge in [0.25, 0.3) is 0 Å². The van der Waals surface area contributed by atoms with Crippen molar-refractivity contribution in [2.75, 3.05) is 0 Å². The van der Waals surface area contributed by atoms with Crippen molar-refractivity contribution < 1.29 is 17.7 Å². The van der Waals surface area contributed by atoms with E-state index in [1.807, 2.05) is 89.2 Å². The Bertz CT molecular complexity index is 2720. The maximum atomic E-state index is 6.16. The summed E-state index contributed by atoms with van der Waals surface area (Å²) in [5.74, 6) is 0. The normalized spacial score (nSPS) is 10.2. The SMILES string of the molecule is CC.CC.CC.CC.CC.CC.CCc1ccc2oc3c(ccc4c5cc(C)ccc5oc43)c2c1.CCc1ccc2oc3c(ccc4c5cc(CC)ccc5oc43)c2c1. The van der Waals surface area contributed by atoms with Crippen LogP contribution in [0.15, 0.2) is 115 Å². The third-order valence-electron chi connectivity index (χ3n) is 9.72. The van der Waals surface area contributed by atoms with Gasteiger partial charge >= 0.3 is 0 Å². The molecule has 314 valence electrons. The minimum absolute atomic E-state index is 0.845. The summed E-state index contributed by atoms with van der Waals surface area (Å²) in [6.07, 6.45) is 3.07. The predicted molar refractivity (Wildman–Crippen MR) is 263 cm³/mol. The molecule has 10 rings (SSSR count). The standard InChI is InChI=1S/C22H18O2.C21H16O2.6C2H6/c1-3-13-5-9-19-17(11-13)15-7-8-16-18-12-14(4-2)6-10-20(18)24-22(16)21(15)23-19;1-3-13-5-9-19-17(11-13)15-7-6-14-16-10-12(2)4-8-18(16)22-20(14)21(15)23-19;6*1-2/h5-12H,3-4H2,1-2H3;4-11H,3H2,1-2H3;6*1-2H3. The number of furan rings is 4. The summed E-state index contributed by atoms with van der Waals surface area (Å²) in [5.41, 5.74) is 12.3. The zero-order valence-electron chi connectivity index (χ0n) is 39.0. The summed E-state index contributed by atoms with van der Waals surface area (Å²) in [6, 6.07) is 34.2. The van der Waals surface area contributed by atoms with Crippen LogP contribution >= 0.6 is 0 Å². The van der Waals surface area contributed by atoms with Gasteiger partial charge in [0.1, 0.15) is 22.3 Å². The molecule has 0 aliphatic rings. The van der Waals surface area contributed by atoms with Crippen LogP contribution in [-0.4, -0.2) is 0 Å². The van der Waals surface area contributed by atoms with Crippen molar-refractivity contribution >= 4 is 87.8 Å². The van der Waals surface area contributed by atoms with Crippen molar-refractivity contribution in [1.82, 2.24) is 0 Å². The minimum atomic E-state index is 0.845. The Morgan fingerprint density at radius 3 is 0.780 bits per heavy atom. The molecule has 0 fully saturated rings. The molecule has 0 amide bonds. The van der Waals surface area contributed by atoms with Crippen LogP contribution in [0.3, 0.4) is 0 Å². The molecule has 4 heterocycles. The summed E-state index contributed by atoms with van der Waals surface area (Å²) >= 11 is 0. The predicted octanol–water partition coefficient (Wildman–Crippen LogP) is 19.1. The smallest absolute Gasteiger partial charge is 0.178 e. The van der Waals surface area contributed by atoms with E-state index in [1.54, 1.807) is 0 Å². The second-order valence-corrected chi connectivity index (χ2v) is 12.6. The van der Waals surface area contributed by atoms with Gasteiger partial charge < -0.3 is 17.7 Å². The van der Waals surface area contributed by atoms with E-state index in [2.05, 4.69) is 119 Å². The van der Waals surface area contributed by atoms with Gasteiger partial charge in [0.15, 0.2) is 22.3 Å². The van der Waals surface area contributed by atoms with Gasteiger partial charge in [-0.15, -0.1) is 0 Å². The molecule has 6 aromatic carbocycles. The topological polar surface area (TPSA) is 52.6 Å². The highest BCUT2D eigenvalue weighted by atomic mass is 16.4. The quantitative estimate of drug-likeness (QED) is 0.179. The third-order valence-corrected chi connectivity index (χ3v) is 9.72. The molecule has 4 heteroatoms. The van der Waals surface area contributed by atoms with E-state index in [-0.39, 0.29) is 0 Å². The number of aryl methyl sites for hydroxylation is 4. The van der Waals surface area contributed by atoms with Gasteiger partial charge in [-0.05, 0) is 116 Å². The number of rotatable bonds is 3. The number of hydrogen-bond acceptors (Lipinski definition) is 4. The van der Waals surface area contributed by atoms with Crippen LogP contribution in [0, 0.1) is 6.92 Å². The second kappa shape index (κ2) is 23.2. The first kappa shape index (κ1) is 47.9. The summed E-state index contributed by atoms with van der Waals surface area (Å²) in [4.78, 5) is 0. The highest BCUT2D eigenvalue weighted by Crippen LogP contribution is 2.40. The second-order valence-electron chi connectivity index (χ2n) is 12.6. The summed E-state index contributed by atoms with van der Waals surface area (Å²) in [5, 5.41) is 9.14. The highest BCUT2D eigenvalue weighted by Gasteiger charge is 2.17. The molecule has 0 radical (unpaired) electrons. The molecule has 4 aromatic heterocycles. The monoisotopic (exact) mass is 795 g/mol. The lowest BCUT2D eigenvalue weighted by molar-refractivity contribution is 0.633. The van der Waals surface area contributed by atoms with Crippen LogP contribution in [-0.2, 0) is 19.3 Å². The molecular weight excluding hydrogens is 725 g/mol. The first-order valence-electron chi connectivity index (χ1n) is 22.6. The Labute approximate surface area is 353 Å². The Morgan fingerprint density at radius 1 is 0.288 bits per heavy atom. The van der Waals surface area contributed by atoms with Crippen LogP contribution in [0.4, 0.5) is 0 Å². The molecule has 0 aliphatic heterocycles. The molecular formula is C55H70O4. The average Bonchev–Trinajstić information content (AvgIpc) is 4.10. The fourth-order valence-corrected chi connectivity index (χ4v) is 7.05. The molecule has 0 unspecified atom stereocenters. The molecule has 0 saturated carbocycles. The van der Waals surface area contributed by atoms with Gasteiger partial charge in [-0.25, -0.2) is 0 Å². The van der Waals surface area contributed by atoms with Gasteiger partial charge in [0.2, 0.25) is 0 Å². The van der Waals surface area contributed by atoms with E-state index in [4.69, 9.17) is 17.7 Å². The largest absolute Gasteiger partial charge is 0.452 e. The lowest BCUT2D eigenvalue weighted by Crippen LogP contribution is -1.78. The van der Waals surface area contributed by atoms with Crippen LogP contribution < -0.4 is 0 Å². The maximum absolute atomic E-state index is 6.16. The first-order valence-corrected chi connectivity index (χ1v) is 22.6. The van der Waals surface area contributed by atoms with Crippen molar-refractivity contribution in [1.29, 1.82) is 0 Å². The third kappa shape index (κ3) is 9.54. The van der Waals surface area contributed by atoms with Crippen molar-refractivity contribution in [3.8, 4) is 0 Å². The average molecular weight is 795 g/mol. The fourth-order valence-electron chi connectivity index (χ4n) is 7.05. The molecule has 10 aromatic rings. The zero-order chi connectivity index (χ0) is 43.8.